The first-order valence-corrected chi connectivity index (χ1v) is 10.4. The summed E-state index contributed by atoms with van der Waals surface area (Å²) in [5.74, 6) is -0.578. The van der Waals surface area contributed by atoms with Gasteiger partial charge in [0.05, 0.1) is 11.8 Å². The van der Waals surface area contributed by atoms with Gasteiger partial charge in [-0.2, -0.15) is 0 Å². The molecule has 1 aromatic heterocycles. The second kappa shape index (κ2) is 8.64. The van der Waals surface area contributed by atoms with E-state index in [0.717, 1.165) is 11.1 Å². The van der Waals surface area contributed by atoms with Gasteiger partial charge in [-0.05, 0) is 47.7 Å². The van der Waals surface area contributed by atoms with E-state index in [0.29, 0.717) is 23.8 Å². The maximum Gasteiger partial charge on any atom is 0.294 e. The summed E-state index contributed by atoms with van der Waals surface area (Å²) in [5.41, 5.74) is 2.86. The van der Waals surface area contributed by atoms with Crippen LogP contribution in [0.25, 0.3) is 0 Å². The zero-order chi connectivity index (χ0) is 22.0. The van der Waals surface area contributed by atoms with Crippen LogP contribution in [0.5, 0.6) is 0 Å². The minimum Gasteiger partial charge on any atom is -0.503 e. The highest BCUT2D eigenvalue weighted by Gasteiger charge is 2.45. The lowest BCUT2D eigenvalue weighted by atomic mass is 9.96. The van der Waals surface area contributed by atoms with Crippen LogP contribution in [0, 0.1) is 0 Å². The van der Waals surface area contributed by atoms with E-state index in [2.05, 4.69) is 13.8 Å². The summed E-state index contributed by atoms with van der Waals surface area (Å²) < 4.78 is 5.58. The minimum absolute atomic E-state index is 0.0869. The average Bonchev–Trinajstić information content (AvgIpc) is 3.40. The number of hydrogen-bond donors (Lipinski definition) is 1. The quantitative estimate of drug-likeness (QED) is 0.553. The molecular weight excluding hydrogens is 390 g/mol. The number of Topliss-reactive ketones (excluding diaryl/α,β-unsaturated/α-hetero) is 1. The van der Waals surface area contributed by atoms with Crippen molar-refractivity contribution in [2.45, 2.75) is 38.6 Å². The standard InChI is InChI=1S/C26H25NO4/c1-17(2)19-11-13-20(14-12-19)27-24(22-9-6-16-31-22)23(25(29)26(27)30)21(28)15-10-18-7-4-3-5-8-18/h3-9,11-14,16-17,24,29H,10,15H2,1-2H3. The lowest BCUT2D eigenvalue weighted by molar-refractivity contribution is -0.118. The molecule has 0 saturated carbocycles. The van der Waals surface area contributed by atoms with Crippen molar-refractivity contribution in [2.75, 3.05) is 4.90 Å². The number of benzene rings is 2. The smallest absolute Gasteiger partial charge is 0.294 e. The molecule has 1 N–H and O–H groups in total. The molecule has 31 heavy (non-hydrogen) atoms. The van der Waals surface area contributed by atoms with Crippen LogP contribution < -0.4 is 4.90 Å². The Hall–Kier alpha value is -3.60. The first-order valence-electron chi connectivity index (χ1n) is 10.4. The molecule has 0 radical (unpaired) electrons. The Morgan fingerprint density at radius 2 is 1.74 bits per heavy atom. The summed E-state index contributed by atoms with van der Waals surface area (Å²) in [5, 5.41) is 10.7. The first-order chi connectivity index (χ1) is 15.0. The number of nitrogens with zero attached hydrogens (tertiary/aromatic N) is 1. The average molecular weight is 415 g/mol. The Morgan fingerprint density at radius 3 is 2.35 bits per heavy atom. The highest BCUT2D eigenvalue weighted by molar-refractivity contribution is 6.16. The zero-order valence-electron chi connectivity index (χ0n) is 17.6. The van der Waals surface area contributed by atoms with Gasteiger partial charge in [0.25, 0.3) is 5.91 Å². The molecule has 3 aromatic rings. The van der Waals surface area contributed by atoms with Crippen molar-refractivity contribution in [2.24, 2.45) is 0 Å². The van der Waals surface area contributed by atoms with Gasteiger partial charge in [-0.25, -0.2) is 0 Å². The topological polar surface area (TPSA) is 70.8 Å². The first kappa shape index (κ1) is 20.7. The summed E-state index contributed by atoms with van der Waals surface area (Å²) in [7, 11) is 0. The summed E-state index contributed by atoms with van der Waals surface area (Å²) in [6.45, 7) is 4.19. The van der Waals surface area contributed by atoms with Gasteiger partial charge in [-0.3, -0.25) is 14.5 Å². The predicted octanol–water partition coefficient (Wildman–Crippen LogP) is 5.50. The van der Waals surface area contributed by atoms with Gasteiger partial charge < -0.3 is 9.52 Å². The molecule has 4 rings (SSSR count). The van der Waals surface area contributed by atoms with Crippen molar-refractivity contribution < 1.29 is 19.1 Å². The molecule has 5 nitrogen and oxygen atoms in total. The number of furan rings is 1. The number of aliphatic hydroxyl groups excluding tert-OH is 1. The Kier molecular flexibility index (Phi) is 5.76. The number of carbonyl (C=O) groups is 2. The number of hydrogen-bond acceptors (Lipinski definition) is 4. The fourth-order valence-electron chi connectivity index (χ4n) is 3.93. The van der Waals surface area contributed by atoms with Crippen molar-refractivity contribution in [3.05, 3.63) is 101 Å². The molecule has 0 bridgehead atoms. The highest BCUT2D eigenvalue weighted by Crippen LogP contribution is 2.41. The summed E-state index contributed by atoms with van der Waals surface area (Å²) >= 11 is 0. The van der Waals surface area contributed by atoms with Crippen molar-refractivity contribution in [1.82, 2.24) is 0 Å². The molecule has 1 aliphatic rings. The Bertz CT molecular complexity index is 1100. The van der Waals surface area contributed by atoms with Gasteiger partial charge in [0, 0.05) is 12.1 Å². The molecule has 0 spiro atoms. The van der Waals surface area contributed by atoms with E-state index in [1.807, 2.05) is 54.6 Å². The van der Waals surface area contributed by atoms with Crippen LogP contribution in [-0.4, -0.2) is 16.8 Å². The monoisotopic (exact) mass is 415 g/mol. The second-order valence-electron chi connectivity index (χ2n) is 8.01. The van der Waals surface area contributed by atoms with Crippen LogP contribution >= 0.6 is 0 Å². The third-order valence-corrected chi connectivity index (χ3v) is 5.64. The maximum absolute atomic E-state index is 13.2. The summed E-state index contributed by atoms with van der Waals surface area (Å²) in [4.78, 5) is 27.6. The van der Waals surface area contributed by atoms with Gasteiger partial charge in [0.2, 0.25) is 0 Å². The van der Waals surface area contributed by atoms with E-state index in [-0.39, 0.29) is 17.8 Å². The van der Waals surface area contributed by atoms with Gasteiger partial charge in [0.15, 0.2) is 11.5 Å². The Morgan fingerprint density at radius 1 is 1.03 bits per heavy atom. The number of carbonyl (C=O) groups excluding carboxylic acids is 2. The predicted molar refractivity (Wildman–Crippen MR) is 119 cm³/mol. The number of anilines is 1. The number of aliphatic hydroxyl groups is 1. The van der Waals surface area contributed by atoms with Gasteiger partial charge in [-0.15, -0.1) is 0 Å². The molecule has 0 aliphatic carbocycles. The third-order valence-electron chi connectivity index (χ3n) is 5.64. The van der Waals surface area contributed by atoms with E-state index in [9.17, 15) is 14.7 Å². The van der Waals surface area contributed by atoms with E-state index in [4.69, 9.17) is 4.42 Å². The number of aryl methyl sites for hydroxylation is 1. The lowest BCUT2D eigenvalue weighted by Gasteiger charge is -2.25. The molecular formula is C26H25NO4. The van der Waals surface area contributed by atoms with E-state index >= 15 is 0 Å². The number of ketones is 1. The molecule has 1 atom stereocenters. The van der Waals surface area contributed by atoms with Gasteiger partial charge in [0.1, 0.15) is 11.8 Å². The Labute approximate surface area is 181 Å². The SMILES string of the molecule is CC(C)c1ccc(N2C(=O)C(O)=C(C(=O)CCc3ccccc3)C2c2ccco2)cc1. The fraction of sp³-hybridized carbons (Fsp3) is 0.231. The summed E-state index contributed by atoms with van der Waals surface area (Å²) in [6, 6.07) is 19.9. The van der Waals surface area contributed by atoms with E-state index < -0.39 is 17.7 Å². The van der Waals surface area contributed by atoms with Crippen LogP contribution in [0.3, 0.4) is 0 Å². The van der Waals surface area contributed by atoms with Gasteiger partial charge >= 0.3 is 0 Å². The molecule has 158 valence electrons. The highest BCUT2D eigenvalue weighted by atomic mass is 16.3. The van der Waals surface area contributed by atoms with Crippen LogP contribution in [0.4, 0.5) is 5.69 Å². The molecule has 5 heteroatoms. The number of rotatable bonds is 7. The third kappa shape index (κ3) is 4.04. The minimum atomic E-state index is -0.796. The van der Waals surface area contributed by atoms with Crippen molar-refractivity contribution in [1.29, 1.82) is 0 Å². The lowest BCUT2D eigenvalue weighted by Crippen LogP contribution is -2.30. The van der Waals surface area contributed by atoms with Crippen LogP contribution in [0.15, 0.2) is 88.7 Å². The fourth-order valence-corrected chi connectivity index (χ4v) is 3.93. The summed E-state index contributed by atoms with van der Waals surface area (Å²) in [6.07, 6.45) is 2.22. The molecule has 1 aliphatic heterocycles. The maximum atomic E-state index is 13.2. The van der Waals surface area contributed by atoms with Crippen LogP contribution in [0.1, 0.15) is 49.1 Å². The molecule has 0 fully saturated rings. The normalized spacial score (nSPS) is 16.4. The van der Waals surface area contributed by atoms with E-state index in [1.165, 1.54) is 11.2 Å². The van der Waals surface area contributed by atoms with Crippen LogP contribution in [0.2, 0.25) is 0 Å². The van der Waals surface area contributed by atoms with Gasteiger partial charge in [-0.1, -0.05) is 56.3 Å². The Balaban J connectivity index is 1.67. The van der Waals surface area contributed by atoms with Crippen molar-refractivity contribution in [3.8, 4) is 0 Å². The van der Waals surface area contributed by atoms with E-state index in [1.54, 1.807) is 12.1 Å². The molecule has 1 amide bonds. The number of amides is 1. The van der Waals surface area contributed by atoms with Crippen molar-refractivity contribution in [3.63, 3.8) is 0 Å². The second-order valence-corrected chi connectivity index (χ2v) is 8.01. The molecule has 2 heterocycles. The largest absolute Gasteiger partial charge is 0.503 e. The molecule has 2 aromatic carbocycles. The zero-order valence-corrected chi connectivity index (χ0v) is 17.6. The van der Waals surface area contributed by atoms with Crippen molar-refractivity contribution >= 4 is 17.4 Å². The molecule has 1 unspecified atom stereocenters. The molecule has 0 saturated heterocycles. The van der Waals surface area contributed by atoms with Crippen LogP contribution in [-0.2, 0) is 16.0 Å².